The normalized spacial score (nSPS) is 12.5. The number of aryl methyl sites for hydroxylation is 1. The van der Waals surface area contributed by atoms with Crippen molar-refractivity contribution in [1.82, 2.24) is 0 Å². The lowest BCUT2D eigenvalue weighted by Crippen LogP contribution is -2.20. The van der Waals surface area contributed by atoms with Gasteiger partial charge in [-0.15, -0.1) is 0 Å². The molecule has 0 aromatic heterocycles. The summed E-state index contributed by atoms with van der Waals surface area (Å²) >= 11 is 5.66. The number of halogens is 5. The van der Waals surface area contributed by atoms with Gasteiger partial charge < -0.3 is 14.4 Å². The molecule has 0 bridgehead atoms. The van der Waals surface area contributed by atoms with Crippen molar-refractivity contribution in [3.05, 3.63) is 69.0 Å². The van der Waals surface area contributed by atoms with E-state index in [9.17, 15) is 22.4 Å². The van der Waals surface area contributed by atoms with E-state index in [2.05, 4.69) is 10.3 Å². The fourth-order valence-electron chi connectivity index (χ4n) is 3.05. The molecule has 2 aromatic rings. The number of nitrogens with zero attached hydrogens (tertiary/aromatic N) is 2. The highest BCUT2D eigenvalue weighted by Gasteiger charge is 2.32. The van der Waals surface area contributed by atoms with Crippen LogP contribution in [0, 0.1) is 12.7 Å². The van der Waals surface area contributed by atoms with Gasteiger partial charge in [-0.1, -0.05) is 46.2 Å². The molecule has 33 heavy (non-hydrogen) atoms. The number of rotatable bonds is 8. The van der Waals surface area contributed by atoms with Crippen LogP contribution in [0.2, 0.25) is 5.02 Å². The number of oxime groups is 2. The summed E-state index contributed by atoms with van der Waals surface area (Å²) in [4.78, 5) is 22.2. The average Bonchev–Trinajstić information content (AvgIpc) is 2.75. The second-order valence-electron chi connectivity index (χ2n) is 6.84. The SMILES string of the molecule is CO/N=C(/C(=O)OC)c1cccc(C)c1CO/N=C(\C)c1ccc(Cl)c(F)c1CC(F)(F)F. The van der Waals surface area contributed by atoms with Crippen molar-refractivity contribution in [3.63, 3.8) is 0 Å². The minimum absolute atomic E-state index is 0.0127. The number of methoxy groups -OCH3 is 1. The van der Waals surface area contributed by atoms with Gasteiger partial charge in [-0.25, -0.2) is 9.18 Å². The van der Waals surface area contributed by atoms with Crippen LogP contribution in [-0.2, 0) is 32.2 Å². The molecule has 2 rings (SSSR count). The monoisotopic (exact) mass is 488 g/mol. The molecular weight excluding hydrogens is 468 g/mol. The first-order valence-electron chi connectivity index (χ1n) is 9.49. The van der Waals surface area contributed by atoms with Gasteiger partial charge in [-0.3, -0.25) is 0 Å². The second kappa shape index (κ2) is 11.1. The molecule has 0 atom stereocenters. The number of carbonyl (C=O) groups is 1. The summed E-state index contributed by atoms with van der Waals surface area (Å²) in [5, 5.41) is 7.14. The number of carbonyl (C=O) groups excluding carboxylic acids is 1. The second-order valence-corrected chi connectivity index (χ2v) is 7.25. The zero-order valence-electron chi connectivity index (χ0n) is 18.2. The molecule has 0 radical (unpaired) electrons. The molecule has 0 saturated carbocycles. The van der Waals surface area contributed by atoms with E-state index in [1.54, 1.807) is 25.1 Å². The lowest BCUT2D eigenvalue weighted by Gasteiger charge is -2.14. The van der Waals surface area contributed by atoms with Crippen molar-refractivity contribution < 1.29 is 36.8 Å². The molecule has 0 heterocycles. The molecule has 6 nitrogen and oxygen atoms in total. The van der Waals surface area contributed by atoms with Gasteiger partial charge in [0.05, 0.1) is 24.3 Å². The van der Waals surface area contributed by atoms with Gasteiger partial charge >= 0.3 is 12.1 Å². The molecule has 0 saturated heterocycles. The van der Waals surface area contributed by atoms with Crippen LogP contribution in [0.3, 0.4) is 0 Å². The van der Waals surface area contributed by atoms with E-state index < -0.39 is 35.0 Å². The first kappa shape index (κ1) is 26.1. The maximum absolute atomic E-state index is 14.3. The summed E-state index contributed by atoms with van der Waals surface area (Å²) in [5.74, 6) is -1.91. The minimum atomic E-state index is -4.65. The van der Waals surface area contributed by atoms with E-state index >= 15 is 0 Å². The zero-order chi connectivity index (χ0) is 24.8. The standard InChI is InChI=1S/C22H21ClF4N2O4/c1-12-6-5-7-15(20(29-32-4)21(30)31-3)17(12)11-33-28-13(2)14-8-9-18(23)19(24)16(14)10-22(25,26)27/h5-9H,10-11H2,1-4H3/b28-13+,29-20+. The Labute approximate surface area is 192 Å². The molecule has 11 heteroatoms. The van der Waals surface area contributed by atoms with Crippen LogP contribution in [0.15, 0.2) is 40.6 Å². The number of hydrogen-bond acceptors (Lipinski definition) is 6. The van der Waals surface area contributed by atoms with Crippen LogP contribution < -0.4 is 0 Å². The van der Waals surface area contributed by atoms with Crippen LogP contribution >= 0.6 is 11.6 Å². The van der Waals surface area contributed by atoms with E-state index in [0.717, 1.165) is 11.6 Å². The van der Waals surface area contributed by atoms with E-state index in [-0.39, 0.29) is 23.6 Å². The lowest BCUT2D eigenvalue weighted by atomic mass is 9.99. The van der Waals surface area contributed by atoms with Crippen molar-refractivity contribution >= 4 is 29.0 Å². The highest BCUT2D eigenvalue weighted by Crippen LogP contribution is 2.29. The smallest absolute Gasteiger partial charge is 0.393 e. The number of hydrogen-bond donors (Lipinski definition) is 0. The lowest BCUT2D eigenvalue weighted by molar-refractivity contribution is -0.133. The van der Waals surface area contributed by atoms with Crippen molar-refractivity contribution in [3.8, 4) is 0 Å². The first-order chi connectivity index (χ1) is 15.5. The fourth-order valence-corrected chi connectivity index (χ4v) is 3.22. The Kier molecular flexibility index (Phi) is 8.81. The Balaban J connectivity index is 2.38. The molecule has 0 fully saturated rings. The summed E-state index contributed by atoms with van der Waals surface area (Å²) in [6, 6.07) is 7.45. The summed E-state index contributed by atoms with van der Waals surface area (Å²) in [6.07, 6.45) is -6.16. The van der Waals surface area contributed by atoms with Crippen molar-refractivity contribution in [2.45, 2.75) is 33.1 Å². The summed E-state index contributed by atoms with van der Waals surface area (Å²) in [6.45, 7) is 2.98. The number of esters is 1. The molecule has 0 unspecified atom stereocenters. The highest BCUT2D eigenvalue weighted by atomic mass is 35.5. The van der Waals surface area contributed by atoms with Crippen LogP contribution in [0.1, 0.15) is 34.7 Å². The predicted molar refractivity (Wildman–Crippen MR) is 115 cm³/mol. The molecule has 0 aliphatic carbocycles. The van der Waals surface area contributed by atoms with Gasteiger partial charge in [0, 0.05) is 22.3 Å². The predicted octanol–water partition coefficient (Wildman–Crippen LogP) is 5.36. The van der Waals surface area contributed by atoms with Gasteiger partial charge in [-0.05, 0) is 25.5 Å². The van der Waals surface area contributed by atoms with Crippen molar-refractivity contribution in [1.29, 1.82) is 0 Å². The summed E-state index contributed by atoms with van der Waals surface area (Å²) in [5.41, 5.74) is 0.810. The van der Waals surface area contributed by atoms with Crippen LogP contribution in [0.4, 0.5) is 17.6 Å². The van der Waals surface area contributed by atoms with Gasteiger partial charge in [0.15, 0.2) is 5.71 Å². The molecule has 178 valence electrons. The van der Waals surface area contributed by atoms with E-state index in [4.69, 9.17) is 26.0 Å². The molecule has 0 amide bonds. The van der Waals surface area contributed by atoms with Crippen LogP contribution in [0.5, 0.6) is 0 Å². The molecule has 0 N–H and O–H groups in total. The van der Waals surface area contributed by atoms with Gasteiger partial charge in [0.1, 0.15) is 19.5 Å². The van der Waals surface area contributed by atoms with Crippen molar-refractivity contribution in [2.24, 2.45) is 10.3 Å². The van der Waals surface area contributed by atoms with E-state index in [1.807, 2.05) is 0 Å². The third kappa shape index (κ3) is 6.67. The van der Waals surface area contributed by atoms with Crippen LogP contribution in [0.25, 0.3) is 0 Å². The van der Waals surface area contributed by atoms with Gasteiger partial charge in [0.2, 0.25) is 0 Å². The van der Waals surface area contributed by atoms with Crippen LogP contribution in [-0.4, -0.2) is 37.8 Å². The molecular formula is C22H21ClF4N2O4. The number of alkyl halides is 3. The zero-order valence-corrected chi connectivity index (χ0v) is 19.0. The Bertz CT molecular complexity index is 1080. The quantitative estimate of drug-likeness (QED) is 0.217. The Morgan fingerprint density at radius 3 is 2.36 bits per heavy atom. The van der Waals surface area contributed by atoms with E-state index in [1.165, 1.54) is 27.2 Å². The Morgan fingerprint density at radius 1 is 1.06 bits per heavy atom. The van der Waals surface area contributed by atoms with Gasteiger partial charge in [-0.2, -0.15) is 13.2 Å². The topological polar surface area (TPSA) is 69.5 Å². The Morgan fingerprint density at radius 2 is 1.76 bits per heavy atom. The largest absolute Gasteiger partial charge is 0.464 e. The average molecular weight is 489 g/mol. The number of benzene rings is 2. The highest BCUT2D eigenvalue weighted by molar-refractivity contribution is 6.43. The van der Waals surface area contributed by atoms with Crippen molar-refractivity contribution in [2.75, 3.05) is 14.2 Å². The number of ether oxygens (including phenoxy) is 1. The van der Waals surface area contributed by atoms with Gasteiger partial charge in [0.25, 0.3) is 0 Å². The molecule has 2 aromatic carbocycles. The fraction of sp³-hybridized carbons (Fsp3) is 0.318. The maximum atomic E-state index is 14.3. The summed E-state index contributed by atoms with van der Waals surface area (Å²) in [7, 11) is 2.46. The molecule has 0 spiro atoms. The minimum Gasteiger partial charge on any atom is -0.464 e. The third-order valence-corrected chi connectivity index (χ3v) is 4.89. The maximum Gasteiger partial charge on any atom is 0.393 e. The molecule has 0 aliphatic rings. The first-order valence-corrected chi connectivity index (χ1v) is 9.86. The molecule has 0 aliphatic heterocycles. The Hall–Kier alpha value is -3.14. The summed E-state index contributed by atoms with van der Waals surface area (Å²) < 4.78 is 57.9. The third-order valence-electron chi connectivity index (χ3n) is 4.60. The van der Waals surface area contributed by atoms with E-state index in [0.29, 0.717) is 11.1 Å².